The summed E-state index contributed by atoms with van der Waals surface area (Å²) < 4.78 is 0. The predicted octanol–water partition coefficient (Wildman–Crippen LogP) is 1.49. The monoisotopic (exact) mass is 205 g/mol. The van der Waals surface area contributed by atoms with Gasteiger partial charge in [0.2, 0.25) is 0 Å². The summed E-state index contributed by atoms with van der Waals surface area (Å²) >= 11 is 0. The number of hydrogen-bond acceptors (Lipinski definition) is 3. The molecule has 0 atom stereocenters. The van der Waals surface area contributed by atoms with E-state index >= 15 is 0 Å². The second kappa shape index (κ2) is 15.4. The summed E-state index contributed by atoms with van der Waals surface area (Å²) in [6.45, 7) is 10.3. The van der Waals surface area contributed by atoms with Crippen molar-refractivity contribution in [1.29, 1.82) is 0 Å². The molecule has 0 aliphatic rings. The minimum absolute atomic E-state index is 0.125. The molecule has 0 fully saturated rings. The van der Waals surface area contributed by atoms with Crippen LogP contribution in [0.15, 0.2) is 0 Å². The van der Waals surface area contributed by atoms with Crippen LogP contribution >= 0.6 is 0 Å². The van der Waals surface area contributed by atoms with Crippen molar-refractivity contribution < 1.29 is 10.2 Å². The van der Waals surface area contributed by atoms with E-state index in [0.717, 1.165) is 0 Å². The van der Waals surface area contributed by atoms with Crippen LogP contribution in [0.4, 0.5) is 0 Å². The zero-order valence-corrected chi connectivity index (χ0v) is 10.00. The Morgan fingerprint density at radius 1 is 0.714 bits per heavy atom. The van der Waals surface area contributed by atoms with E-state index in [-0.39, 0.29) is 13.2 Å². The van der Waals surface area contributed by atoms with Crippen LogP contribution in [0.1, 0.15) is 40.0 Å². The highest BCUT2D eigenvalue weighted by Gasteiger charge is 1.98. The molecule has 0 saturated carbocycles. The molecule has 0 bridgehead atoms. The first-order chi connectivity index (χ1) is 6.76. The fourth-order valence-electron chi connectivity index (χ4n) is 1.28. The van der Waals surface area contributed by atoms with Crippen LogP contribution in [-0.4, -0.2) is 48.0 Å². The summed E-state index contributed by atoms with van der Waals surface area (Å²) in [6, 6.07) is 0. The maximum absolute atomic E-state index is 7.62. The Morgan fingerprint density at radius 3 is 1.14 bits per heavy atom. The average molecular weight is 205 g/mol. The van der Waals surface area contributed by atoms with Crippen LogP contribution in [0.5, 0.6) is 0 Å². The molecule has 0 aromatic carbocycles. The molecule has 0 amide bonds. The van der Waals surface area contributed by atoms with Gasteiger partial charge < -0.3 is 15.1 Å². The van der Waals surface area contributed by atoms with E-state index in [0.29, 0.717) is 0 Å². The average Bonchev–Trinajstić information content (AvgIpc) is 2.20. The molecular formula is C11H27NO2. The number of aliphatic hydroxyl groups excluding tert-OH is 2. The number of rotatable bonds is 7. The summed E-state index contributed by atoms with van der Waals surface area (Å²) in [5.41, 5.74) is 0. The molecule has 3 heteroatoms. The summed E-state index contributed by atoms with van der Waals surface area (Å²) in [7, 11) is 0. The van der Waals surface area contributed by atoms with Crippen molar-refractivity contribution in [3.05, 3.63) is 0 Å². The van der Waals surface area contributed by atoms with Crippen LogP contribution < -0.4 is 0 Å². The van der Waals surface area contributed by atoms with E-state index in [1.807, 2.05) is 0 Å². The number of nitrogens with zero attached hydrogens (tertiary/aromatic N) is 1. The molecule has 88 valence electrons. The van der Waals surface area contributed by atoms with E-state index in [2.05, 4.69) is 25.7 Å². The molecule has 0 spiro atoms. The lowest BCUT2D eigenvalue weighted by Gasteiger charge is -2.19. The fourth-order valence-corrected chi connectivity index (χ4v) is 1.28. The van der Waals surface area contributed by atoms with Crippen molar-refractivity contribution in [1.82, 2.24) is 4.90 Å². The molecule has 0 aromatic rings. The quantitative estimate of drug-likeness (QED) is 0.662. The van der Waals surface area contributed by atoms with Gasteiger partial charge in [-0.2, -0.15) is 0 Å². The van der Waals surface area contributed by atoms with Crippen molar-refractivity contribution >= 4 is 0 Å². The highest BCUT2D eigenvalue weighted by Crippen LogP contribution is 1.94. The third kappa shape index (κ3) is 14.4. The lowest BCUT2D eigenvalue weighted by atomic mass is 10.3. The molecule has 0 unspecified atom stereocenters. The lowest BCUT2D eigenvalue weighted by molar-refractivity contribution is 0.186. The van der Waals surface area contributed by atoms with Crippen LogP contribution in [0.3, 0.4) is 0 Å². The van der Waals surface area contributed by atoms with Gasteiger partial charge in [0.25, 0.3) is 0 Å². The Hall–Kier alpha value is -0.120. The maximum Gasteiger partial charge on any atom is 0.0662 e. The van der Waals surface area contributed by atoms with Crippen molar-refractivity contribution in [2.75, 3.05) is 32.8 Å². The van der Waals surface area contributed by atoms with Crippen molar-refractivity contribution in [2.24, 2.45) is 0 Å². The molecule has 0 aliphatic heterocycles. The molecule has 0 saturated heterocycles. The fraction of sp³-hybridized carbons (Fsp3) is 1.00. The van der Waals surface area contributed by atoms with Gasteiger partial charge in [-0.15, -0.1) is 0 Å². The van der Waals surface area contributed by atoms with Crippen molar-refractivity contribution in [3.63, 3.8) is 0 Å². The third-order valence-electron chi connectivity index (χ3n) is 1.72. The van der Waals surface area contributed by atoms with Crippen LogP contribution in [0, 0.1) is 0 Å². The summed E-state index contributed by atoms with van der Waals surface area (Å²) in [4.78, 5) is 2.54. The molecule has 0 aromatic heterocycles. The minimum atomic E-state index is -0.125. The first kappa shape index (κ1) is 16.3. The smallest absolute Gasteiger partial charge is 0.0662 e. The SMILES string of the molecule is CCCN(CCC)CCC.OCCO. The van der Waals surface area contributed by atoms with Gasteiger partial charge in [-0.05, 0) is 38.9 Å². The van der Waals surface area contributed by atoms with Gasteiger partial charge in [0.15, 0.2) is 0 Å². The topological polar surface area (TPSA) is 43.7 Å². The normalized spacial score (nSPS) is 9.86. The summed E-state index contributed by atoms with van der Waals surface area (Å²) in [6.07, 6.45) is 3.88. The van der Waals surface area contributed by atoms with E-state index in [9.17, 15) is 0 Å². The van der Waals surface area contributed by atoms with E-state index in [4.69, 9.17) is 10.2 Å². The highest BCUT2D eigenvalue weighted by atomic mass is 16.3. The summed E-state index contributed by atoms with van der Waals surface area (Å²) in [5.74, 6) is 0. The molecule has 0 aliphatic carbocycles. The van der Waals surface area contributed by atoms with Gasteiger partial charge in [-0.25, -0.2) is 0 Å². The molecule has 0 radical (unpaired) electrons. The van der Waals surface area contributed by atoms with Crippen LogP contribution in [0.2, 0.25) is 0 Å². The van der Waals surface area contributed by atoms with Gasteiger partial charge in [0.1, 0.15) is 0 Å². The minimum Gasteiger partial charge on any atom is -0.394 e. The van der Waals surface area contributed by atoms with Gasteiger partial charge in [0, 0.05) is 0 Å². The number of aliphatic hydroxyl groups is 2. The standard InChI is InChI=1S/C9H21N.C2H6O2/c1-4-7-10(8-5-2)9-6-3;3-1-2-4/h4-9H2,1-3H3;3-4H,1-2H2. The van der Waals surface area contributed by atoms with Crippen LogP contribution in [-0.2, 0) is 0 Å². The zero-order chi connectivity index (χ0) is 11.2. The molecule has 14 heavy (non-hydrogen) atoms. The molecule has 2 N–H and O–H groups in total. The number of hydrogen-bond donors (Lipinski definition) is 2. The van der Waals surface area contributed by atoms with Gasteiger partial charge in [0.05, 0.1) is 13.2 Å². The Kier molecular flexibility index (Phi) is 17.9. The van der Waals surface area contributed by atoms with Crippen molar-refractivity contribution in [3.8, 4) is 0 Å². The highest BCUT2D eigenvalue weighted by molar-refractivity contribution is 4.53. The second-order valence-corrected chi connectivity index (χ2v) is 3.29. The van der Waals surface area contributed by atoms with Gasteiger partial charge >= 0.3 is 0 Å². The Morgan fingerprint density at radius 2 is 1.00 bits per heavy atom. The largest absolute Gasteiger partial charge is 0.394 e. The first-order valence-electron chi connectivity index (χ1n) is 5.70. The van der Waals surface area contributed by atoms with Gasteiger partial charge in [-0.3, -0.25) is 0 Å². The lowest BCUT2D eigenvalue weighted by Crippen LogP contribution is -2.25. The summed E-state index contributed by atoms with van der Waals surface area (Å²) in [5, 5.41) is 15.2. The van der Waals surface area contributed by atoms with Crippen molar-refractivity contribution in [2.45, 2.75) is 40.0 Å². The molecule has 3 nitrogen and oxygen atoms in total. The third-order valence-corrected chi connectivity index (χ3v) is 1.72. The molecule has 0 heterocycles. The van der Waals surface area contributed by atoms with Crippen LogP contribution in [0.25, 0.3) is 0 Å². The Balaban J connectivity index is 0. The predicted molar refractivity (Wildman–Crippen MR) is 61.5 cm³/mol. The zero-order valence-electron chi connectivity index (χ0n) is 10.00. The molecule has 0 rings (SSSR count). The second-order valence-electron chi connectivity index (χ2n) is 3.29. The maximum atomic E-state index is 7.62. The Labute approximate surface area is 88.7 Å². The van der Waals surface area contributed by atoms with Gasteiger partial charge in [-0.1, -0.05) is 20.8 Å². The van der Waals surface area contributed by atoms with E-state index in [1.165, 1.54) is 38.9 Å². The molecular weight excluding hydrogens is 178 g/mol. The first-order valence-corrected chi connectivity index (χ1v) is 5.70. The van der Waals surface area contributed by atoms with E-state index in [1.54, 1.807) is 0 Å². The van der Waals surface area contributed by atoms with E-state index < -0.39 is 0 Å². The Bertz CT molecular complexity index is 73.1.